The van der Waals surface area contributed by atoms with Gasteiger partial charge < -0.3 is 10.6 Å². The van der Waals surface area contributed by atoms with Crippen LogP contribution in [0.2, 0.25) is 0 Å². The summed E-state index contributed by atoms with van der Waals surface area (Å²) in [5.74, 6) is 0. The van der Waals surface area contributed by atoms with E-state index in [1.807, 2.05) is 19.1 Å². The van der Waals surface area contributed by atoms with E-state index in [0.29, 0.717) is 0 Å². The van der Waals surface area contributed by atoms with Crippen LogP contribution in [0.3, 0.4) is 0 Å². The maximum absolute atomic E-state index is 11.0. The van der Waals surface area contributed by atoms with Crippen molar-refractivity contribution in [2.45, 2.75) is 12.5 Å². The number of nitrogens with zero attached hydrogens (tertiary/aromatic N) is 1. The Kier molecular flexibility index (Phi) is 1.16. The zero-order valence-corrected chi connectivity index (χ0v) is 6.72. The lowest BCUT2D eigenvalue weighted by molar-refractivity contribution is 0.246. The highest BCUT2D eigenvalue weighted by molar-refractivity contribution is 5.84. The molecule has 2 amide bonds. The van der Waals surface area contributed by atoms with Gasteiger partial charge in [-0.2, -0.15) is 0 Å². The topological polar surface area (TPSA) is 53.5 Å². The number of rotatable bonds is 1. The third kappa shape index (κ3) is 0.664. The highest BCUT2D eigenvalue weighted by Gasteiger charge is 2.43. The number of carbonyl (C=O) groups is 1. The molecule has 62 valence electrons. The number of hydrogen-bond donors (Lipinski definition) is 2. The van der Waals surface area contributed by atoms with Gasteiger partial charge in [-0.3, -0.25) is 4.99 Å². The molecular weight excluding hydrogens is 154 g/mol. The third-order valence-corrected chi connectivity index (χ3v) is 2.24. The number of allylic oxidation sites excluding steroid dienone is 2. The quantitative estimate of drug-likeness (QED) is 0.544. The van der Waals surface area contributed by atoms with E-state index in [2.05, 4.69) is 22.3 Å². The number of hydrogen-bond acceptors (Lipinski definition) is 2. The average Bonchev–Trinajstić information content (AvgIpc) is 2.41. The fourth-order valence-corrected chi connectivity index (χ4v) is 1.52. The van der Waals surface area contributed by atoms with Crippen LogP contribution >= 0.6 is 0 Å². The standard InChI is InChI=1S/C8H9N3O/c1-8-5(9-2)3-4-6(8)10-7(12)11-8/h3-4H,2H2,1H3,(H2,10,11,12). The maximum Gasteiger partial charge on any atom is 0.320 e. The van der Waals surface area contributed by atoms with Gasteiger partial charge in [-0.1, -0.05) is 0 Å². The van der Waals surface area contributed by atoms with Crippen molar-refractivity contribution < 1.29 is 4.79 Å². The second-order valence-electron chi connectivity index (χ2n) is 2.99. The molecule has 4 nitrogen and oxygen atoms in total. The highest BCUT2D eigenvalue weighted by Crippen LogP contribution is 2.32. The van der Waals surface area contributed by atoms with Crippen molar-refractivity contribution in [3.8, 4) is 0 Å². The Balaban J connectivity index is 2.43. The molecule has 1 aliphatic heterocycles. The van der Waals surface area contributed by atoms with Crippen molar-refractivity contribution in [3.05, 3.63) is 23.5 Å². The molecule has 1 fully saturated rings. The van der Waals surface area contributed by atoms with E-state index >= 15 is 0 Å². The molecule has 0 spiro atoms. The predicted octanol–water partition coefficient (Wildman–Crippen LogP) is 0.540. The monoisotopic (exact) mass is 163 g/mol. The molecule has 2 aliphatic rings. The number of urea groups is 1. The molecule has 12 heavy (non-hydrogen) atoms. The first-order valence-electron chi connectivity index (χ1n) is 3.65. The van der Waals surface area contributed by atoms with Gasteiger partial charge >= 0.3 is 6.03 Å². The molecule has 1 aliphatic carbocycles. The van der Waals surface area contributed by atoms with Gasteiger partial charge in [0.05, 0.1) is 11.4 Å². The zero-order valence-electron chi connectivity index (χ0n) is 6.72. The van der Waals surface area contributed by atoms with Crippen LogP contribution in [0, 0.1) is 0 Å². The molecule has 2 rings (SSSR count). The van der Waals surface area contributed by atoms with Crippen LogP contribution < -0.4 is 10.6 Å². The van der Waals surface area contributed by atoms with Gasteiger partial charge in [0.25, 0.3) is 0 Å². The third-order valence-electron chi connectivity index (χ3n) is 2.24. The van der Waals surface area contributed by atoms with Gasteiger partial charge in [-0.05, 0) is 25.8 Å². The Labute approximate surface area is 70.1 Å². The van der Waals surface area contributed by atoms with Gasteiger partial charge in [-0.25, -0.2) is 4.79 Å². The number of fused-ring (bicyclic) bond motifs is 1. The lowest BCUT2D eigenvalue weighted by atomic mass is 10.0. The SMILES string of the molecule is C=NC1=CC=C2NC(=O)NC12C. The van der Waals surface area contributed by atoms with Gasteiger partial charge in [0.1, 0.15) is 5.54 Å². The Morgan fingerprint density at radius 2 is 2.33 bits per heavy atom. The van der Waals surface area contributed by atoms with Crippen molar-refractivity contribution in [2.24, 2.45) is 4.99 Å². The first-order chi connectivity index (χ1) is 5.66. The Morgan fingerprint density at radius 3 is 3.00 bits per heavy atom. The molecule has 0 bridgehead atoms. The first-order valence-corrected chi connectivity index (χ1v) is 3.65. The van der Waals surface area contributed by atoms with Gasteiger partial charge in [0.15, 0.2) is 0 Å². The number of carbonyl (C=O) groups excluding carboxylic acids is 1. The zero-order chi connectivity index (χ0) is 8.77. The van der Waals surface area contributed by atoms with Crippen LogP contribution in [0.5, 0.6) is 0 Å². The summed E-state index contributed by atoms with van der Waals surface area (Å²) >= 11 is 0. The van der Waals surface area contributed by atoms with Gasteiger partial charge in [0, 0.05) is 0 Å². The summed E-state index contributed by atoms with van der Waals surface area (Å²) in [6.07, 6.45) is 3.68. The summed E-state index contributed by atoms with van der Waals surface area (Å²) in [5.41, 5.74) is 1.14. The average molecular weight is 163 g/mol. The molecule has 0 aromatic carbocycles. The molecule has 4 heteroatoms. The number of aliphatic imine (C=N–C) groups is 1. The van der Waals surface area contributed by atoms with E-state index in [9.17, 15) is 4.79 Å². The second-order valence-corrected chi connectivity index (χ2v) is 2.99. The predicted molar refractivity (Wildman–Crippen MR) is 45.8 cm³/mol. The molecule has 0 aromatic rings. The summed E-state index contributed by atoms with van der Waals surface area (Å²) in [7, 11) is 0. The lowest BCUT2D eigenvalue weighted by Gasteiger charge is -2.20. The largest absolute Gasteiger partial charge is 0.321 e. The summed E-state index contributed by atoms with van der Waals surface area (Å²) in [6, 6.07) is -0.182. The van der Waals surface area contributed by atoms with E-state index in [1.165, 1.54) is 0 Å². The smallest absolute Gasteiger partial charge is 0.320 e. The summed E-state index contributed by atoms with van der Waals surface area (Å²) in [5, 5.41) is 5.46. The van der Waals surface area contributed by atoms with Crippen LogP contribution in [0.4, 0.5) is 4.79 Å². The molecule has 2 N–H and O–H groups in total. The minimum absolute atomic E-state index is 0.182. The van der Waals surface area contributed by atoms with Crippen LogP contribution in [-0.2, 0) is 0 Å². The van der Waals surface area contributed by atoms with Crippen LogP contribution in [0.1, 0.15) is 6.92 Å². The van der Waals surface area contributed by atoms with Crippen LogP contribution in [0.15, 0.2) is 28.5 Å². The van der Waals surface area contributed by atoms with Crippen molar-refractivity contribution >= 4 is 12.7 Å². The van der Waals surface area contributed by atoms with Crippen molar-refractivity contribution in [2.75, 3.05) is 0 Å². The van der Waals surface area contributed by atoms with Gasteiger partial charge in [0.2, 0.25) is 0 Å². The minimum Gasteiger partial charge on any atom is -0.321 e. The number of amides is 2. The summed E-state index contributed by atoms with van der Waals surface area (Å²) < 4.78 is 0. The summed E-state index contributed by atoms with van der Waals surface area (Å²) in [6.45, 7) is 5.34. The second kappa shape index (κ2) is 1.97. The molecule has 0 radical (unpaired) electrons. The van der Waals surface area contributed by atoms with Gasteiger partial charge in [-0.15, -0.1) is 0 Å². The molecule has 1 heterocycles. The van der Waals surface area contributed by atoms with Crippen molar-refractivity contribution in [1.82, 2.24) is 10.6 Å². The molecular formula is C8H9N3O. The fourth-order valence-electron chi connectivity index (χ4n) is 1.52. The van der Waals surface area contributed by atoms with E-state index in [1.54, 1.807) is 0 Å². The fraction of sp³-hybridized carbons (Fsp3) is 0.250. The first kappa shape index (κ1) is 7.09. The molecule has 0 saturated carbocycles. The van der Waals surface area contributed by atoms with E-state index < -0.39 is 5.54 Å². The molecule has 1 atom stereocenters. The van der Waals surface area contributed by atoms with Crippen LogP contribution in [0.25, 0.3) is 0 Å². The van der Waals surface area contributed by atoms with Crippen LogP contribution in [-0.4, -0.2) is 18.3 Å². The van der Waals surface area contributed by atoms with E-state index in [4.69, 9.17) is 0 Å². The number of nitrogens with one attached hydrogen (secondary N) is 2. The Morgan fingerprint density at radius 1 is 1.58 bits per heavy atom. The Hall–Kier alpha value is -1.58. The Bertz CT molecular complexity index is 329. The normalized spacial score (nSPS) is 31.6. The molecule has 0 aromatic heterocycles. The minimum atomic E-state index is -0.473. The summed E-state index contributed by atoms with van der Waals surface area (Å²) in [4.78, 5) is 14.8. The van der Waals surface area contributed by atoms with Crippen molar-refractivity contribution in [1.29, 1.82) is 0 Å². The van der Waals surface area contributed by atoms with Crippen molar-refractivity contribution in [3.63, 3.8) is 0 Å². The van der Waals surface area contributed by atoms with E-state index in [-0.39, 0.29) is 6.03 Å². The highest BCUT2D eigenvalue weighted by atomic mass is 16.2. The molecule has 1 saturated heterocycles. The lowest BCUT2D eigenvalue weighted by Crippen LogP contribution is -2.39. The van der Waals surface area contributed by atoms with E-state index in [0.717, 1.165) is 11.4 Å². The molecule has 1 unspecified atom stereocenters. The maximum atomic E-state index is 11.0.